The van der Waals surface area contributed by atoms with Crippen LogP contribution in [-0.4, -0.2) is 49.7 Å². The van der Waals surface area contributed by atoms with Crippen molar-refractivity contribution in [2.45, 2.75) is 32.1 Å². The van der Waals surface area contributed by atoms with Crippen LogP contribution >= 0.6 is 0 Å². The summed E-state index contributed by atoms with van der Waals surface area (Å²) in [6.07, 6.45) is -0.842. The molecule has 2 aromatic rings. The van der Waals surface area contributed by atoms with Crippen molar-refractivity contribution in [2.24, 2.45) is 10.9 Å². The number of rotatable bonds is 9. The lowest BCUT2D eigenvalue weighted by molar-refractivity contribution is -0.155. The highest BCUT2D eigenvalue weighted by Gasteiger charge is 2.44. The zero-order valence-corrected chi connectivity index (χ0v) is 19.8. The first-order valence-corrected chi connectivity index (χ1v) is 11.3. The van der Waals surface area contributed by atoms with E-state index in [1.54, 1.807) is 24.3 Å². The van der Waals surface area contributed by atoms with E-state index in [1.807, 2.05) is 36.4 Å². The fourth-order valence-electron chi connectivity index (χ4n) is 3.39. The van der Waals surface area contributed by atoms with Gasteiger partial charge < -0.3 is 19.5 Å². The van der Waals surface area contributed by atoms with Crippen LogP contribution in [0.4, 0.5) is 9.59 Å². The van der Waals surface area contributed by atoms with Gasteiger partial charge in [-0.05, 0) is 24.0 Å². The molecule has 3 rings (SSSR count). The second-order valence-electron chi connectivity index (χ2n) is 7.86. The van der Waals surface area contributed by atoms with Gasteiger partial charge in [-0.1, -0.05) is 60.7 Å². The molecule has 2 atom stereocenters. The Hall–Kier alpha value is -4.41. The summed E-state index contributed by atoms with van der Waals surface area (Å²) in [5, 5.41) is 7.31. The highest BCUT2D eigenvalue weighted by atomic mass is 16.6. The summed E-state index contributed by atoms with van der Waals surface area (Å²) in [5.41, 5.74) is 1.58. The summed E-state index contributed by atoms with van der Waals surface area (Å²) >= 11 is 0. The van der Waals surface area contributed by atoms with E-state index in [0.29, 0.717) is 12.8 Å². The quantitative estimate of drug-likeness (QED) is 0.121. The molecule has 1 aliphatic rings. The average molecular weight is 497 g/mol. The Morgan fingerprint density at radius 3 is 1.89 bits per heavy atom. The maximum Gasteiger partial charge on any atom is 0.414 e. The van der Waals surface area contributed by atoms with Crippen LogP contribution in [0.1, 0.15) is 24.0 Å². The van der Waals surface area contributed by atoms with Crippen LogP contribution in [-0.2, 0) is 37.0 Å². The molecule has 0 saturated carbocycles. The molecular weight excluding hydrogens is 468 g/mol. The number of amides is 3. The summed E-state index contributed by atoms with van der Waals surface area (Å²) in [5.74, 6) is -1.41. The Morgan fingerprint density at radius 2 is 1.42 bits per heavy atom. The van der Waals surface area contributed by atoms with Gasteiger partial charge in [0, 0.05) is 6.54 Å². The summed E-state index contributed by atoms with van der Waals surface area (Å²) in [4.78, 5) is 52.2. The van der Waals surface area contributed by atoms with Crippen molar-refractivity contribution in [2.75, 3.05) is 13.7 Å². The van der Waals surface area contributed by atoms with Gasteiger partial charge in [-0.2, -0.15) is 0 Å². The van der Waals surface area contributed by atoms with Gasteiger partial charge in [0.1, 0.15) is 19.3 Å². The Balaban J connectivity index is 1.53. The van der Waals surface area contributed by atoms with E-state index in [4.69, 9.17) is 9.47 Å². The topological polar surface area (TPSA) is 144 Å². The Kier molecular flexibility index (Phi) is 9.80. The smallest absolute Gasteiger partial charge is 0.414 e. The van der Waals surface area contributed by atoms with Crippen LogP contribution < -0.4 is 16.0 Å². The van der Waals surface area contributed by atoms with Crippen LogP contribution in [0.3, 0.4) is 0 Å². The van der Waals surface area contributed by atoms with Gasteiger partial charge >= 0.3 is 18.2 Å². The molecule has 2 aromatic carbocycles. The lowest BCUT2D eigenvalue weighted by Gasteiger charge is -2.34. The zero-order valence-electron chi connectivity index (χ0n) is 19.8. The summed E-state index contributed by atoms with van der Waals surface area (Å²) in [6.45, 7) is 0.221. The second kappa shape index (κ2) is 13.5. The van der Waals surface area contributed by atoms with Crippen LogP contribution in [0.2, 0.25) is 0 Å². The van der Waals surface area contributed by atoms with Gasteiger partial charge in [-0.25, -0.2) is 14.4 Å². The largest absolute Gasteiger partial charge is 0.467 e. The first-order chi connectivity index (χ1) is 17.5. The molecule has 0 aromatic heterocycles. The molecule has 11 heteroatoms. The van der Waals surface area contributed by atoms with E-state index >= 15 is 0 Å². The maximum absolute atomic E-state index is 12.3. The van der Waals surface area contributed by atoms with Crippen LogP contribution in [0.5, 0.6) is 0 Å². The Morgan fingerprint density at radius 1 is 0.889 bits per heavy atom. The number of β-lactam (4-membered cyclic amide) rings is 1. The molecule has 0 radical (unpaired) electrons. The first-order valence-electron chi connectivity index (χ1n) is 11.3. The zero-order chi connectivity index (χ0) is 25.8. The molecular formula is C25H28N4O7. The third-order valence-electron chi connectivity index (χ3n) is 5.30. The summed E-state index contributed by atoms with van der Waals surface area (Å²) < 4.78 is 15.0. The van der Waals surface area contributed by atoms with Crippen molar-refractivity contribution in [3.63, 3.8) is 0 Å². The molecule has 190 valence electrons. The fraction of sp³-hybridized carbons (Fsp3) is 0.320. The second-order valence-corrected chi connectivity index (χ2v) is 7.86. The molecule has 0 bridgehead atoms. The monoisotopic (exact) mass is 496 g/mol. The number of nitrogens with one attached hydrogen (secondary N) is 3. The van der Waals surface area contributed by atoms with Crippen molar-refractivity contribution in [1.82, 2.24) is 16.0 Å². The van der Waals surface area contributed by atoms with Crippen molar-refractivity contribution in [3.05, 3.63) is 71.8 Å². The number of carbonyl (C=O) groups is 4. The predicted molar refractivity (Wildman–Crippen MR) is 128 cm³/mol. The minimum atomic E-state index is -0.815. The maximum atomic E-state index is 12.3. The Bertz CT molecular complexity index is 1020. The molecule has 0 aliphatic carbocycles. The molecule has 3 amide bonds. The number of benzene rings is 2. The third kappa shape index (κ3) is 8.12. The number of carbonyl (C=O) groups excluding carboxylic acids is 4. The van der Waals surface area contributed by atoms with Crippen LogP contribution in [0, 0.1) is 5.92 Å². The summed E-state index contributed by atoms with van der Waals surface area (Å²) in [7, 11) is 1.26. The minimum absolute atomic E-state index is 0.0319. The van der Waals surface area contributed by atoms with Gasteiger partial charge in [0.25, 0.3) is 0 Å². The molecule has 1 fully saturated rings. The molecule has 0 unspecified atom stereocenters. The van der Waals surface area contributed by atoms with Crippen molar-refractivity contribution < 1.29 is 33.4 Å². The molecule has 11 nitrogen and oxygen atoms in total. The number of hydrogen-bond acceptors (Lipinski definition) is 8. The molecule has 1 saturated heterocycles. The lowest BCUT2D eigenvalue weighted by Crippen LogP contribution is -2.62. The van der Waals surface area contributed by atoms with Crippen molar-refractivity contribution in [1.29, 1.82) is 0 Å². The highest BCUT2D eigenvalue weighted by Crippen LogP contribution is 2.21. The van der Waals surface area contributed by atoms with E-state index < -0.39 is 30.1 Å². The lowest BCUT2D eigenvalue weighted by atomic mass is 9.86. The average Bonchev–Trinajstić information content (AvgIpc) is 2.89. The number of guanidine groups is 1. The van der Waals surface area contributed by atoms with Gasteiger partial charge in [0.15, 0.2) is 0 Å². The molecule has 3 N–H and O–H groups in total. The van der Waals surface area contributed by atoms with Gasteiger partial charge in [-0.3, -0.25) is 20.4 Å². The Labute approximate surface area is 208 Å². The third-order valence-corrected chi connectivity index (χ3v) is 5.30. The number of alkyl carbamates (subject to hydrolysis) is 2. The van der Waals surface area contributed by atoms with Crippen molar-refractivity contribution in [3.8, 4) is 0 Å². The van der Waals surface area contributed by atoms with E-state index in [0.717, 1.165) is 11.1 Å². The van der Waals surface area contributed by atoms with Gasteiger partial charge in [0.2, 0.25) is 11.9 Å². The summed E-state index contributed by atoms with van der Waals surface area (Å²) in [6, 6.07) is 17.5. The number of hydrogen-bond donors (Lipinski definition) is 3. The molecule has 1 aliphatic heterocycles. The normalized spacial score (nSPS) is 16.0. The number of methoxy groups -OCH3 is 1. The first kappa shape index (κ1) is 26.2. The van der Waals surface area contributed by atoms with Crippen molar-refractivity contribution >= 4 is 30.0 Å². The van der Waals surface area contributed by atoms with E-state index in [2.05, 4.69) is 25.7 Å². The molecule has 1 heterocycles. The number of nitrogens with zero attached hydrogens (tertiary/aromatic N) is 1. The molecule has 36 heavy (non-hydrogen) atoms. The fourth-order valence-corrected chi connectivity index (χ4v) is 3.39. The molecule has 0 spiro atoms. The number of ether oxygens (including phenoxy) is 3. The van der Waals surface area contributed by atoms with E-state index in [-0.39, 0.29) is 31.6 Å². The predicted octanol–water partition coefficient (Wildman–Crippen LogP) is 2.26. The minimum Gasteiger partial charge on any atom is -0.467 e. The van der Waals surface area contributed by atoms with Crippen LogP contribution in [0.15, 0.2) is 65.7 Å². The number of esters is 1. The standard InChI is InChI=1S/C25H28N4O7/c1-34-22(31)20-19(21(30)27-20)13-8-14-26-23(28-24(32)35-15-17-9-4-2-5-10-17)29-25(33)36-16-18-11-6-3-7-12-18/h2-7,9-12,19-20H,8,13-16H2,1H3,(H,27,30)(H2,26,28,29,32,33)/t19-,20+/m0/s1. The SMILES string of the molecule is COC(=O)[C@@H]1NC(=O)[C@H]1CCCN=C(NC(=O)OCc1ccccc1)NC(=O)OCc1ccccc1. The highest BCUT2D eigenvalue weighted by molar-refractivity contribution is 6.01. The van der Waals surface area contributed by atoms with Gasteiger partial charge in [-0.15, -0.1) is 0 Å². The van der Waals surface area contributed by atoms with E-state index in [1.165, 1.54) is 7.11 Å². The van der Waals surface area contributed by atoms with Crippen LogP contribution in [0.25, 0.3) is 0 Å². The van der Waals surface area contributed by atoms with E-state index in [9.17, 15) is 19.2 Å². The number of aliphatic imine (C=N–C) groups is 1. The van der Waals surface area contributed by atoms with Gasteiger partial charge in [0.05, 0.1) is 13.0 Å².